The first kappa shape index (κ1) is 17.7. The highest BCUT2D eigenvalue weighted by molar-refractivity contribution is 5.93. The van der Waals surface area contributed by atoms with Crippen LogP contribution in [0.2, 0.25) is 0 Å². The molecule has 3 rings (SSSR count). The van der Waals surface area contributed by atoms with Crippen LogP contribution in [0.4, 0.5) is 4.39 Å². The number of nitrogens with zero attached hydrogens (tertiary/aromatic N) is 2. The molecule has 0 aliphatic carbocycles. The van der Waals surface area contributed by atoms with Crippen molar-refractivity contribution in [3.63, 3.8) is 0 Å². The van der Waals surface area contributed by atoms with Gasteiger partial charge in [-0.05, 0) is 42.3 Å². The van der Waals surface area contributed by atoms with Crippen molar-refractivity contribution in [3.8, 4) is 17.0 Å². The number of methoxy groups -OCH3 is 1. The van der Waals surface area contributed by atoms with Crippen molar-refractivity contribution in [2.75, 3.05) is 13.7 Å². The van der Waals surface area contributed by atoms with Gasteiger partial charge in [-0.2, -0.15) is 5.10 Å². The minimum absolute atomic E-state index is 0.198. The molecule has 1 N–H and O–H groups in total. The van der Waals surface area contributed by atoms with E-state index in [0.29, 0.717) is 24.4 Å². The Balaban J connectivity index is 1.66. The SMILES string of the molecule is COc1cccc(-c2cc(C(=O)NCCc3ccc(F)cc3)n(C)n2)c1. The number of carbonyl (C=O) groups excluding carboxylic acids is 1. The highest BCUT2D eigenvalue weighted by Gasteiger charge is 2.14. The number of nitrogens with one attached hydrogen (secondary N) is 1. The zero-order valence-electron chi connectivity index (χ0n) is 14.7. The molecule has 0 atom stereocenters. The number of aryl methyl sites for hydroxylation is 1. The van der Waals surface area contributed by atoms with Crippen LogP contribution in [0.3, 0.4) is 0 Å². The molecule has 5 nitrogen and oxygen atoms in total. The topological polar surface area (TPSA) is 56.1 Å². The first-order valence-corrected chi connectivity index (χ1v) is 8.28. The number of carbonyl (C=O) groups is 1. The number of benzene rings is 2. The maximum absolute atomic E-state index is 12.9. The molecule has 6 heteroatoms. The van der Waals surface area contributed by atoms with E-state index in [4.69, 9.17) is 4.74 Å². The van der Waals surface area contributed by atoms with Crippen molar-refractivity contribution in [1.29, 1.82) is 0 Å². The summed E-state index contributed by atoms with van der Waals surface area (Å²) in [5.74, 6) is 0.271. The lowest BCUT2D eigenvalue weighted by atomic mass is 10.1. The van der Waals surface area contributed by atoms with Crippen LogP contribution < -0.4 is 10.1 Å². The van der Waals surface area contributed by atoms with Crippen molar-refractivity contribution >= 4 is 5.91 Å². The van der Waals surface area contributed by atoms with Crippen molar-refractivity contribution < 1.29 is 13.9 Å². The molecule has 26 heavy (non-hydrogen) atoms. The summed E-state index contributed by atoms with van der Waals surface area (Å²) in [4.78, 5) is 12.4. The fraction of sp³-hybridized carbons (Fsp3) is 0.200. The Bertz CT molecular complexity index is 904. The van der Waals surface area contributed by atoms with Gasteiger partial charge in [0.2, 0.25) is 0 Å². The molecular formula is C20H20FN3O2. The van der Waals surface area contributed by atoms with Gasteiger partial charge in [0.15, 0.2) is 0 Å². The Labute approximate surface area is 151 Å². The lowest BCUT2D eigenvalue weighted by Gasteiger charge is -2.05. The smallest absolute Gasteiger partial charge is 0.269 e. The van der Waals surface area contributed by atoms with E-state index < -0.39 is 0 Å². The first-order chi connectivity index (χ1) is 12.6. The zero-order valence-corrected chi connectivity index (χ0v) is 14.7. The number of aromatic nitrogens is 2. The molecule has 1 heterocycles. The number of rotatable bonds is 6. The minimum Gasteiger partial charge on any atom is -0.497 e. The highest BCUT2D eigenvalue weighted by Crippen LogP contribution is 2.23. The van der Waals surface area contributed by atoms with Gasteiger partial charge >= 0.3 is 0 Å². The number of halogens is 1. The predicted octanol–water partition coefficient (Wildman–Crippen LogP) is 3.21. The summed E-state index contributed by atoms with van der Waals surface area (Å²) in [7, 11) is 3.34. The maximum atomic E-state index is 12.9. The number of amides is 1. The van der Waals surface area contributed by atoms with Crippen LogP contribution in [-0.2, 0) is 13.5 Å². The van der Waals surface area contributed by atoms with Gasteiger partial charge in [0, 0.05) is 19.2 Å². The fourth-order valence-corrected chi connectivity index (χ4v) is 2.67. The summed E-state index contributed by atoms with van der Waals surface area (Å²) in [6, 6.07) is 15.5. The Hall–Kier alpha value is -3.15. The van der Waals surface area contributed by atoms with Crippen LogP contribution >= 0.6 is 0 Å². The molecule has 0 saturated heterocycles. The molecule has 0 aliphatic rings. The summed E-state index contributed by atoms with van der Waals surface area (Å²) >= 11 is 0. The fourth-order valence-electron chi connectivity index (χ4n) is 2.67. The van der Waals surface area contributed by atoms with E-state index in [1.54, 1.807) is 37.0 Å². The van der Waals surface area contributed by atoms with E-state index in [1.807, 2.05) is 24.3 Å². The van der Waals surface area contributed by atoms with Gasteiger partial charge in [-0.25, -0.2) is 4.39 Å². The number of hydrogen-bond donors (Lipinski definition) is 1. The van der Waals surface area contributed by atoms with Crippen LogP contribution in [-0.4, -0.2) is 29.3 Å². The molecule has 0 fully saturated rings. The molecule has 0 radical (unpaired) electrons. The van der Waals surface area contributed by atoms with Gasteiger partial charge in [0.25, 0.3) is 5.91 Å². The monoisotopic (exact) mass is 353 g/mol. The van der Waals surface area contributed by atoms with E-state index in [9.17, 15) is 9.18 Å². The molecule has 0 bridgehead atoms. The Morgan fingerprint density at radius 1 is 1.19 bits per heavy atom. The van der Waals surface area contributed by atoms with Crippen LogP contribution in [0.15, 0.2) is 54.6 Å². The lowest BCUT2D eigenvalue weighted by molar-refractivity contribution is 0.0944. The first-order valence-electron chi connectivity index (χ1n) is 8.28. The summed E-state index contributed by atoms with van der Waals surface area (Å²) in [6.45, 7) is 0.462. The van der Waals surface area contributed by atoms with E-state index in [2.05, 4.69) is 10.4 Å². The van der Waals surface area contributed by atoms with Gasteiger partial charge < -0.3 is 10.1 Å². The third kappa shape index (κ3) is 4.08. The Kier molecular flexibility index (Phi) is 5.31. The van der Waals surface area contributed by atoms with Gasteiger partial charge in [-0.15, -0.1) is 0 Å². The van der Waals surface area contributed by atoms with Gasteiger partial charge in [-0.1, -0.05) is 24.3 Å². The van der Waals surface area contributed by atoms with Crippen LogP contribution in [0.1, 0.15) is 16.1 Å². The van der Waals surface area contributed by atoms with Gasteiger partial charge in [-0.3, -0.25) is 9.48 Å². The van der Waals surface area contributed by atoms with Gasteiger partial charge in [0.05, 0.1) is 12.8 Å². The molecule has 3 aromatic rings. The van der Waals surface area contributed by atoms with Crippen LogP contribution in [0, 0.1) is 5.82 Å². The molecule has 0 aliphatic heterocycles. The van der Waals surface area contributed by atoms with Crippen molar-refractivity contribution in [3.05, 3.63) is 71.7 Å². The minimum atomic E-state index is -0.266. The van der Waals surface area contributed by atoms with E-state index in [-0.39, 0.29) is 11.7 Å². The van der Waals surface area contributed by atoms with Crippen molar-refractivity contribution in [2.45, 2.75) is 6.42 Å². The normalized spacial score (nSPS) is 10.6. The molecule has 2 aromatic carbocycles. The average Bonchev–Trinajstić information content (AvgIpc) is 3.05. The second kappa shape index (κ2) is 7.82. The third-order valence-corrected chi connectivity index (χ3v) is 4.09. The Morgan fingerprint density at radius 2 is 1.96 bits per heavy atom. The Morgan fingerprint density at radius 3 is 2.69 bits per heavy atom. The zero-order chi connectivity index (χ0) is 18.5. The van der Waals surface area contributed by atoms with Crippen LogP contribution in [0.25, 0.3) is 11.3 Å². The average molecular weight is 353 g/mol. The summed E-state index contributed by atoms with van der Waals surface area (Å²) in [5, 5.41) is 7.28. The summed E-state index contributed by atoms with van der Waals surface area (Å²) in [6.07, 6.45) is 0.632. The molecule has 0 saturated carbocycles. The van der Waals surface area contributed by atoms with E-state index in [1.165, 1.54) is 12.1 Å². The molecule has 134 valence electrons. The second-order valence-corrected chi connectivity index (χ2v) is 5.90. The summed E-state index contributed by atoms with van der Waals surface area (Å²) in [5.41, 5.74) is 3.02. The highest BCUT2D eigenvalue weighted by atomic mass is 19.1. The van der Waals surface area contributed by atoms with Crippen molar-refractivity contribution in [2.24, 2.45) is 7.05 Å². The van der Waals surface area contributed by atoms with E-state index in [0.717, 1.165) is 16.9 Å². The molecule has 0 unspecified atom stereocenters. The summed E-state index contributed by atoms with van der Waals surface area (Å²) < 4.78 is 19.7. The molecular weight excluding hydrogens is 333 g/mol. The number of hydrogen-bond acceptors (Lipinski definition) is 3. The standard InChI is InChI=1S/C20H20FN3O2/c1-24-19(13-18(23-24)15-4-3-5-17(12-15)26-2)20(25)22-11-10-14-6-8-16(21)9-7-14/h3-9,12-13H,10-11H2,1-2H3,(H,22,25). The van der Waals surface area contributed by atoms with Crippen molar-refractivity contribution in [1.82, 2.24) is 15.1 Å². The molecule has 0 spiro atoms. The third-order valence-electron chi connectivity index (χ3n) is 4.09. The maximum Gasteiger partial charge on any atom is 0.269 e. The van der Waals surface area contributed by atoms with E-state index >= 15 is 0 Å². The van der Waals surface area contributed by atoms with Crippen LogP contribution in [0.5, 0.6) is 5.75 Å². The quantitative estimate of drug-likeness (QED) is 0.740. The lowest BCUT2D eigenvalue weighted by Crippen LogP contribution is -2.27. The number of ether oxygens (including phenoxy) is 1. The van der Waals surface area contributed by atoms with Gasteiger partial charge in [0.1, 0.15) is 17.3 Å². The molecule has 1 amide bonds. The second-order valence-electron chi connectivity index (χ2n) is 5.90. The molecule has 1 aromatic heterocycles. The largest absolute Gasteiger partial charge is 0.497 e. The predicted molar refractivity (Wildman–Crippen MR) is 97.6 cm³/mol.